The van der Waals surface area contributed by atoms with Crippen LogP contribution in [-0.4, -0.2) is 49.1 Å². The van der Waals surface area contributed by atoms with E-state index in [0.717, 1.165) is 5.82 Å². The first-order valence-corrected chi connectivity index (χ1v) is 7.87. The molecule has 1 aliphatic heterocycles. The largest absolute Gasteiger partial charge is 0.396 e. The predicted octanol–water partition coefficient (Wildman–Crippen LogP) is 0.524. The molecule has 0 spiro atoms. The Hall–Kier alpha value is -1.34. The molecule has 0 radical (unpaired) electrons. The molecular weight excluding hydrogens is 264 g/mol. The molecule has 0 bridgehead atoms. The van der Waals surface area contributed by atoms with E-state index in [-0.39, 0.29) is 5.25 Å². The molecule has 106 valence electrons. The number of nitrogen functional groups attached to an aromatic ring is 1. The van der Waals surface area contributed by atoms with E-state index in [0.29, 0.717) is 31.9 Å². The van der Waals surface area contributed by atoms with E-state index in [2.05, 4.69) is 4.98 Å². The molecule has 0 aromatic carbocycles. The molecule has 0 atom stereocenters. The Kier molecular flexibility index (Phi) is 3.96. The summed E-state index contributed by atoms with van der Waals surface area (Å²) < 4.78 is 25.7. The van der Waals surface area contributed by atoms with Crippen molar-refractivity contribution in [1.82, 2.24) is 9.29 Å². The monoisotopic (exact) mass is 284 g/mol. The molecule has 1 aliphatic rings. The van der Waals surface area contributed by atoms with Crippen molar-refractivity contribution in [2.24, 2.45) is 0 Å². The summed E-state index contributed by atoms with van der Waals surface area (Å²) in [4.78, 5) is 6.29. The smallest absolute Gasteiger partial charge is 0.216 e. The van der Waals surface area contributed by atoms with E-state index in [9.17, 15) is 8.42 Å². The lowest BCUT2D eigenvalue weighted by atomic mass is 10.3. The lowest BCUT2D eigenvalue weighted by Crippen LogP contribution is -2.50. The van der Waals surface area contributed by atoms with E-state index in [1.54, 1.807) is 36.5 Å². The molecule has 2 heterocycles. The summed E-state index contributed by atoms with van der Waals surface area (Å²) in [6.07, 6.45) is 1.70. The predicted molar refractivity (Wildman–Crippen MR) is 76.5 cm³/mol. The average molecular weight is 284 g/mol. The van der Waals surface area contributed by atoms with Crippen LogP contribution in [0.5, 0.6) is 0 Å². The Labute approximate surface area is 114 Å². The van der Waals surface area contributed by atoms with Crippen molar-refractivity contribution < 1.29 is 8.42 Å². The van der Waals surface area contributed by atoms with Gasteiger partial charge in [-0.1, -0.05) is 0 Å². The minimum atomic E-state index is -3.16. The van der Waals surface area contributed by atoms with Crippen LogP contribution in [0.15, 0.2) is 18.3 Å². The van der Waals surface area contributed by atoms with Crippen molar-refractivity contribution in [1.29, 1.82) is 0 Å². The van der Waals surface area contributed by atoms with Crippen LogP contribution in [0.2, 0.25) is 0 Å². The Balaban J connectivity index is 2.06. The van der Waals surface area contributed by atoms with Crippen LogP contribution in [0, 0.1) is 0 Å². The van der Waals surface area contributed by atoms with Crippen molar-refractivity contribution in [3.8, 4) is 0 Å². The van der Waals surface area contributed by atoms with Gasteiger partial charge in [0.2, 0.25) is 10.0 Å². The summed E-state index contributed by atoms with van der Waals surface area (Å²) in [6, 6.07) is 3.60. The number of piperazine rings is 1. The second kappa shape index (κ2) is 5.34. The van der Waals surface area contributed by atoms with Crippen molar-refractivity contribution in [2.75, 3.05) is 36.8 Å². The van der Waals surface area contributed by atoms with Gasteiger partial charge < -0.3 is 10.6 Å². The molecule has 2 N–H and O–H groups in total. The fourth-order valence-electron chi connectivity index (χ4n) is 2.13. The zero-order valence-electron chi connectivity index (χ0n) is 11.3. The highest BCUT2D eigenvalue weighted by Crippen LogP contribution is 2.21. The second-order valence-electron chi connectivity index (χ2n) is 4.90. The average Bonchev–Trinajstić information content (AvgIpc) is 2.39. The molecule has 1 aromatic rings. The van der Waals surface area contributed by atoms with Gasteiger partial charge in [-0.25, -0.2) is 13.4 Å². The summed E-state index contributed by atoms with van der Waals surface area (Å²) in [7, 11) is -3.16. The maximum absolute atomic E-state index is 12.1. The topological polar surface area (TPSA) is 79.5 Å². The van der Waals surface area contributed by atoms with Gasteiger partial charge in [-0.05, 0) is 26.0 Å². The summed E-state index contributed by atoms with van der Waals surface area (Å²) >= 11 is 0. The number of hydrogen-bond donors (Lipinski definition) is 1. The third-order valence-electron chi connectivity index (χ3n) is 3.31. The molecule has 0 unspecified atom stereocenters. The molecular formula is C12H20N4O2S. The van der Waals surface area contributed by atoms with E-state index < -0.39 is 10.0 Å². The van der Waals surface area contributed by atoms with E-state index in [1.807, 2.05) is 4.90 Å². The van der Waals surface area contributed by atoms with Gasteiger partial charge in [-0.3, -0.25) is 0 Å². The summed E-state index contributed by atoms with van der Waals surface area (Å²) in [5.41, 5.74) is 6.51. The van der Waals surface area contributed by atoms with Crippen molar-refractivity contribution >= 4 is 21.5 Å². The summed E-state index contributed by atoms with van der Waals surface area (Å²) in [6.45, 7) is 5.62. The van der Waals surface area contributed by atoms with Crippen LogP contribution in [0.3, 0.4) is 0 Å². The van der Waals surface area contributed by atoms with Crippen molar-refractivity contribution in [3.05, 3.63) is 18.3 Å². The number of nitrogens with two attached hydrogens (primary N) is 1. The Bertz CT molecular complexity index is 536. The van der Waals surface area contributed by atoms with Gasteiger partial charge in [0.1, 0.15) is 0 Å². The summed E-state index contributed by atoms with van der Waals surface area (Å²) in [5, 5.41) is -0.376. The van der Waals surface area contributed by atoms with Crippen LogP contribution in [0.1, 0.15) is 13.8 Å². The van der Waals surface area contributed by atoms with Crippen LogP contribution in [-0.2, 0) is 10.0 Å². The van der Waals surface area contributed by atoms with Crippen LogP contribution >= 0.6 is 0 Å². The highest BCUT2D eigenvalue weighted by molar-refractivity contribution is 7.89. The number of pyridine rings is 1. The molecule has 1 saturated heterocycles. The van der Waals surface area contributed by atoms with Crippen LogP contribution in [0.25, 0.3) is 0 Å². The maximum Gasteiger partial charge on any atom is 0.216 e. The molecule has 19 heavy (non-hydrogen) atoms. The zero-order valence-corrected chi connectivity index (χ0v) is 12.1. The minimum Gasteiger partial charge on any atom is -0.396 e. The standard InChI is InChI=1S/C12H20N4O2S/c1-10(2)19(17,18)16-8-6-15(7-9-16)12-11(13)4-3-5-14-12/h3-5,10H,6-9,13H2,1-2H3. The Morgan fingerprint density at radius 3 is 2.42 bits per heavy atom. The lowest BCUT2D eigenvalue weighted by Gasteiger charge is -2.35. The highest BCUT2D eigenvalue weighted by Gasteiger charge is 2.29. The fourth-order valence-corrected chi connectivity index (χ4v) is 3.39. The molecule has 0 aliphatic carbocycles. The first-order chi connectivity index (χ1) is 8.93. The number of hydrogen-bond acceptors (Lipinski definition) is 5. The SMILES string of the molecule is CC(C)S(=O)(=O)N1CCN(c2ncccc2N)CC1. The molecule has 1 fully saturated rings. The van der Waals surface area contributed by atoms with Gasteiger partial charge in [0, 0.05) is 32.4 Å². The molecule has 7 heteroatoms. The molecule has 6 nitrogen and oxygen atoms in total. The first kappa shape index (κ1) is 14.1. The number of anilines is 2. The maximum atomic E-state index is 12.1. The van der Waals surface area contributed by atoms with Crippen molar-refractivity contribution in [2.45, 2.75) is 19.1 Å². The Morgan fingerprint density at radius 1 is 1.26 bits per heavy atom. The Morgan fingerprint density at radius 2 is 1.89 bits per heavy atom. The molecule has 0 saturated carbocycles. The molecule has 1 aromatic heterocycles. The van der Waals surface area contributed by atoms with E-state index in [1.165, 1.54) is 0 Å². The third kappa shape index (κ3) is 2.82. The van der Waals surface area contributed by atoms with Gasteiger partial charge in [-0.15, -0.1) is 0 Å². The molecule has 0 amide bonds. The lowest BCUT2D eigenvalue weighted by molar-refractivity contribution is 0.380. The highest BCUT2D eigenvalue weighted by atomic mass is 32.2. The number of sulfonamides is 1. The zero-order chi connectivity index (χ0) is 14.0. The van der Waals surface area contributed by atoms with Crippen LogP contribution in [0.4, 0.5) is 11.5 Å². The van der Waals surface area contributed by atoms with E-state index in [4.69, 9.17) is 5.73 Å². The van der Waals surface area contributed by atoms with E-state index >= 15 is 0 Å². The molecule has 2 rings (SSSR count). The van der Waals surface area contributed by atoms with Crippen molar-refractivity contribution in [3.63, 3.8) is 0 Å². The minimum absolute atomic E-state index is 0.376. The van der Waals surface area contributed by atoms with Gasteiger partial charge in [-0.2, -0.15) is 4.31 Å². The van der Waals surface area contributed by atoms with Crippen LogP contribution < -0.4 is 10.6 Å². The van der Waals surface area contributed by atoms with Gasteiger partial charge in [0.25, 0.3) is 0 Å². The third-order valence-corrected chi connectivity index (χ3v) is 5.59. The number of nitrogens with zero attached hydrogens (tertiary/aromatic N) is 3. The quantitative estimate of drug-likeness (QED) is 0.875. The summed E-state index contributed by atoms with van der Waals surface area (Å²) in [5.74, 6) is 0.740. The fraction of sp³-hybridized carbons (Fsp3) is 0.583. The first-order valence-electron chi connectivity index (χ1n) is 6.37. The second-order valence-corrected chi connectivity index (χ2v) is 7.39. The van der Waals surface area contributed by atoms with Gasteiger partial charge in [0.05, 0.1) is 10.9 Å². The normalized spacial score (nSPS) is 17.9. The van der Waals surface area contributed by atoms with Gasteiger partial charge >= 0.3 is 0 Å². The number of aromatic nitrogens is 1. The number of rotatable bonds is 3. The van der Waals surface area contributed by atoms with Gasteiger partial charge in [0.15, 0.2) is 5.82 Å².